The molecule has 160 valence electrons. The highest BCUT2D eigenvalue weighted by atomic mass is 127. The average Bonchev–Trinajstić information content (AvgIpc) is 3.20. The zero-order valence-corrected chi connectivity index (χ0v) is 20.4. The fourth-order valence-corrected chi connectivity index (χ4v) is 4.62. The number of hydrogen-bond donors (Lipinski definition) is 1. The number of nitrogens with one attached hydrogen (secondary N) is 1. The Hall–Kier alpha value is -0.830. The van der Waals surface area contributed by atoms with Crippen molar-refractivity contribution in [1.82, 2.24) is 24.7 Å². The van der Waals surface area contributed by atoms with E-state index in [1.165, 1.54) is 32.2 Å². The molecule has 0 spiro atoms. The highest BCUT2D eigenvalue weighted by Gasteiger charge is 2.29. The molecule has 3 heterocycles. The summed E-state index contributed by atoms with van der Waals surface area (Å²) in [5, 5.41) is 3.54. The van der Waals surface area contributed by atoms with Crippen LogP contribution in [0, 0.1) is 5.92 Å². The first-order valence-corrected chi connectivity index (χ1v) is 10.9. The summed E-state index contributed by atoms with van der Waals surface area (Å²) in [6, 6.07) is 1.65. The van der Waals surface area contributed by atoms with Gasteiger partial charge in [0.15, 0.2) is 5.96 Å². The molecular weight excluding hydrogens is 463 g/mol. The van der Waals surface area contributed by atoms with Gasteiger partial charge in [-0.25, -0.2) is 4.98 Å². The van der Waals surface area contributed by atoms with Crippen molar-refractivity contribution in [2.75, 3.05) is 32.7 Å². The van der Waals surface area contributed by atoms with E-state index in [4.69, 9.17) is 4.99 Å². The molecule has 4 atom stereocenters. The van der Waals surface area contributed by atoms with Crippen molar-refractivity contribution in [2.45, 2.75) is 71.5 Å². The van der Waals surface area contributed by atoms with Gasteiger partial charge in [0.2, 0.25) is 0 Å². The third kappa shape index (κ3) is 5.84. The van der Waals surface area contributed by atoms with Crippen LogP contribution in [-0.4, -0.2) is 70.1 Å². The molecule has 4 unspecified atom stereocenters. The molecule has 7 heteroatoms. The van der Waals surface area contributed by atoms with Crippen LogP contribution in [0.2, 0.25) is 0 Å². The van der Waals surface area contributed by atoms with Crippen LogP contribution in [0.1, 0.15) is 59.4 Å². The van der Waals surface area contributed by atoms with Crippen molar-refractivity contribution in [3.05, 3.63) is 18.7 Å². The Morgan fingerprint density at radius 1 is 1.25 bits per heavy atom. The summed E-state index contributed by atoms with van der Waals surface area (Å²) in [6.45, 7) is 14.3. The lowest BCUT2D eigenvalue weighted by atomic mass is 9.93. The van der Waals surface area contributed by atoms with Gasteiger partial charge in [0.1, 0.15) is 0 Å². The minimum Gasteiger partial charge on any atom is -0.357 e. The Labute approximate surface area is 188 Å². The second kappa shape index (κ2) is 11.4. The van der Waals surface area contributed by atoms with E-state index in [1.54, 1.807) is 0 Å². The van der Waals surface area contributed by atoms with E-state index >= 15 is 0 Å². The number of piperidine rings is 2. The van der Waals surface area contributed by atoms with Crippen molar-refractivity contribution in [2.24, 2.45) is 10.9 Å². The third-order valence-corrected chi connectivity index (χ3v) is 6.39. The Balaban J connectivity index is 0.00000280. The molecule has 1 aromatic heterocycles. The van der Waals surface area contributed by atoms with Crippen LogP contribution in [0.5, 0.6) is 0 Å². The summed E-state index contributed by atoms with van der Waals surface area (Å²) in [6.07, 6.45) is 11.1. The molecule has 2 fully saturated rings. The lowest BCUT2D eigenvalue weighted by molar-refractivity contribution is 0.118. The molecule has 0 bridgehead atoms. The predicted octanol–water partition coefficient (Wildman–Crippen LogP) is 3.61. The molecule has 28 heavy (non-hydrogen) atoms. The standard InChI is InChI=1S/C21H38N6.HI/c1-5-23-21(24-14-19(4)27-11-7-6-8-18(27)3)25-12-9-17(2)20(15-25)26-13-10-22-16-26;/h10,13,16-20H,5-9,11-12,14-15H2,1-4H3,(H,23,24);1H. The van der Waals surface area contributed by atoms with Crippen molar-refractivity contribution < 1.29 is 0 Å². The Bertz CT molecular complexity index is 590. The molecular formula is C21H39IN6. The van der Waals surface area contributed by atoms with Gasteiger partial charge in [-0.3, -0.25) is 9.89 Å². The molecule has 1 aromatic rings. The van der Waals surface area contributed by atoms with Crippen molar-refractivity contribution in [3.8, 4) is 0 Å². The number of aromatic nitrogens is 2. The minimum absolute atomic E-state index is 0. The molecule has 0 saturated carbocycles. The maximum absolute atomic E-state index is 5.05. The van der Waals surface area contributed by atoms with Gasteiger partial charge < -0.3 is 14.8 Å². The minimum atomic E-state index is 0. The summed E-state index contributed by atoms with van der Waals surface area (Å²) < 4.78 is 2.26. The molecule has 6 nitrogen and oxygen atoms in total. The van der Waals surface area contributed by atoms with Gasteiger partial charge in [0, 0.05) is 44.1 Å². The van der Waals surface area contributed by atoms with Gasteiger partial charge in [-0.1, -0.05) is 13.3 Å². The second-order valence-corrected chi connectivity index (χ2v) is 8.42. The van der Waals surface area contributed by atoms with E-state index in [0.29, 0.717) is 24.0 Å². The van der Waals surface area contributed by atoms with Crippen LogP contribution in [0.3, 0.4) is 0 Å². The molecule has 0 aromatic carbocycles. The van der Waals surface area contributed by atoms with Crippen LogP contribution < -0.4 is 5.32 Å². The van der Waals surface area contributed by atoms with E-state index in [0.717, 1.165) is 32.1 Å². The van der Waals surface area contributed by atoms with Crippen LogP contribution >= 0.6 is 24.0 Å². The van der Waals surface area contributed by atoms with E-state index < -0.39 is 0 Å². The Morgan fingerprint density at radius 3 is 2.75 bits per heavy atom. The zero-order valence-electron chi connectivity index (χ0n) is 18.0. The molecule has 2 aliphatic heterocycles. The SMILES string of the molecule is CCNC(=NCC(C)N1CCCCC1C)N1CCC(C)C(n2ccnc2)C1.I. The Morgan fingerprint density at radius 2 is 2.07 bits per heavy atom. The van der Waals surface area contributed by atoms with Gasteiger partial charge in [0.05, 0.1) is 18.9 Å². The number of nitrogens with zero attached hydrogens (tertiary/aromatic N) is 5. The maximum Gasteiger partial charge on any atom is 0.194 e. The van der Waals surface area contributed by atoms with Crippen molar-refractivity contribution >= 4 is 29.9 Å². The summed E-state index contributed by atoms with van der Waals surface area (Å²) in [4.78, 5) is 14.4. The number of rotatable bonds is 5. The highest BCUT2D eigenvalue weighted by molar-refractivity contribution is 14.0. The fraction of sp³-hybridized carbons (Fsp3) is 0.810. The third-order valence-electron chi connectivity index (χ3n) is 6.39. The van der Waals surface area contributed by atoms with E-state index in [-0.39, 0.29) is 24.0 Å². The van der Waals surface area contributed by atoms with Gasteiger partial charge in [-0.15, -0.1) is 24.0 Å². The molecule has 2 aliphatic rings. The van der Waals surface area contributed by atoms with Gasteiger partial charge in [-0.05, 0) is 52.5 Å². The first-order valence-electron chi connectivity index (χ1n) is 10.9. The summed E-state index contributed by atoms with van der Waals surface area (Å²) >= 11 is 0. The zero-order chi connectivity index (χ0) is 19.2. The smallest absolute Gasteiger partial charge is 0.194 e. The molecule has 0 aliphatic carbocycles. The monoisotopic (exact) mass is 502 g/mol. The van der Waals surface area contributed by atoms with Gasteiger partial charge in [-0.2, -0.15) is 0 Å². The van der Waals surface area contributed by atoms with E-state index in [9.17, 15) is 0 Å². The quantitative estimate of drug-likeness (QED) is 0.380. The number of halogens is 1. The van der Waals surface area contributed by atoms with E-state index in [1.807, 2.05) is 12.5 Å². The maximum atomic E-state index is 5.05. The lowest BCUT2D eigenvalue weighted by Gasteiger charge is -2.40. The lowest BCUT2D eigenvalue weighted by Crippen LogP contribution is -2.50. The molecule has 3 rings (SSSR count). The van der Waals surface area contributed by atoms with E-state index in [2.05, 4.69) is 58.6 Å². The summed E-state index contributed by atoms with van der Waals surface area (Å²) in [5.74, 6) is 1.73. The number of hydrogen-bond acceptors (Lipinski definition) is 3. The second-order valence-electron chi connectivity index (χ2n) is 8.42. The van der Waals surface area contributed by atoms with Gasteiger partial charge >= 0.3 is 0 Å². The van der Waals surface area contributed by atoms with Crippen molar-refractivity contribution in [1.29, 1.82) is 0 Å². The molecule has 2 saturated heterocycles. The normalized spacial score (nSPS) is 27.9. The molecule has 1 N–H and O–H groups in total. The van der Waals surface area contributed by atoms with Crippen LogP contribution in [0.4, 0.5) is 0 Å². The van der Waals surface area contributed by atoms with Gasteiger partial charge in [0.25, 0.3) is 0 Å². The molecule has 0 radical (unpaired) electrons. The fourth-order valence-electron chi connectivity index (χ4n) is 4.62. The van der Waals surface area contributed by atoms with Crippen LogP contribution in [0.25, 0.3) is 0 Å². The number of aliphatic imine (C=N–C) groups is 1. The summed E-state index contributed by atoms with van der Waals surface area (Å²) in [7, 11) is 0. The topological polar surface area (TPSA) is 48.7 Å². The highest BCUT2D eigenvalue weighted by Crippen LogP contribution is 2.27. The number of imidazole rings is 1. The van der Waals surface area contributed by atoms with Crippen LogP contribution in [-0.2, 0) is 0 Å². The number of guanidine groups is 1. The largest absolute Gasteiger partial charge is 0.357 e. The predicted molar refractivity (Wildman–Crippen MR) is 127 cm³/mol. The first kappa shape index (κ1) is 23.4. The Kier molecular flexibility index (Phi) is 9.53. The first-order chi connectivity index (χ1) is 13.1. The number of likely N-dealkylation sites (tertiary alicyclic amines) is 2. The summed E-state index contributed by atoms with van der Waals surface area (Å²) in [5.41, 5.74) is 0. The molecule has 0 amide bonds. The van der Waals surface area contributed by atoms with Crippen LogP contribution in [0.15, 0.2) is 23.7 Å². The van der Waals surface area contributed by atoms with Crippen molar-refractivity contribution in [3.63, 3.8) is 0 Å². The average molecular weight is 502 g/mol.